The Morgan fingerprint density at radius 2 is 1.76 bits per heavy atom. The minimum Gasteiger partial charge on any atom is -0.481 e. The Balaban J connectivity index is 1.99. The second-order valence-corrected chi connectivity index (χ2v) is 6.63. The van der Waals surface area contributed by atoms with E-state index in [0.717, 1.165) is 0 Å². The third-order valence-corrected chi connectivity index (χ3v) is 4.51. The SMILES string of the molecule is C=C(C)C(=O)N1CCN(C(=O)C2(C)CC(C(=O)OCC)=C(C)O2)CC1. The van der Waals surface area contributed by atoms with Crippen LogP contribution in [0, 0.1) is 0 Å². The van der Waals surface area contributed by atoms with Crippen molar-refractivity contribution in [2.45, 2.75) is 39.7 Å². The molecule has 0 radical (unpaired) electrons. The first-order valence-electron chi connectivity index (χ1n) is 8.49. The summed E-state index contributed by atoms with van der Waals surface area (Å²) in [5.74, 6) is -0.259. The van der Waals surface area contributed by atoms with Crippen LogP contribution in [-0.2, 0) is 23.9 Å². The van der Waals surface area contributed by atoms with E-state index in [9.17, 15) is 14.4 Å². The zero-order valence-corrected chi connectivity index (χ0v) is 15.4. The second-order valence-electron chi connectivity index (χ2n) is 6.63. The number of rotatable bonds is 4. The standard InChI is InChI=1S/C18H26N2O5/c1-6-24-16(22)14-11-18(5,25-13(14)4)17(23)20-9-7-19(8-10-20)15(21)12(2)3/h2,6-11H2,1,3-5H3. The fraction of sp³-hybridized carbons (Fsp3) is 0.611. The lowest BCUT2D eigenvalue weighted by molar-refractivity contribution is -0.152. The van der Waals surface area contributed by atoms with Crippen molar-refractivity contribution in [3.63, 3.8) is 0 Å². The van der Waals surface area contributed by atoms with E-state index in [1.54, 1.807) is 37.5 Å². The number of carbonyl (C=O) groups excluding carboxylic acids is 3. The summed E-state index contributed by atoms with van der Waals surface area (Å²) in [5.41, 5.74) is -0.203. The highest BCUT2D eigenvalue weighted by Crippen LogP contribution is 2.36. The van der Waals surface area contributed by atoms with Crippen LogP contribution in [-0.4, -0.2) is 66.0 Å². The first-order valence-corrected chi connectivity index (χ1v) is 8.49. The molecule has 1 atom stereocenters. The summed E-state index contributed by atoms with van der Waals surface area (Å²) in [6, 6.07) is 0. The average Bonchev–Trinajstić information content (AvgIpc) is 2.90. The monoisotopic (exact) mass is 350 g/mol. The molecule has 0 saturated carbocycles. The number of carbonyl (C=O) groups is 3. The molecule has 0 aliphatic carbocycles. The van der Waals surface area contributed by atoms with Crippen LogP contribution in [0.4, 0.5) is 0 Å². The largest absolute Gasteiger partial charge is 0.481 e. The number of allylic oxidation sites excluding steroid dienone is 1. The van der Waals surface area contributed by atoms with Gasteiger partial charge in [0.1, 0.15) is 5.76 Å². The third-order valence-electron chi connectivity index (χ3n) is 4.51. The van der Waals surface area contributed by atoms with Crippen molar-refractivity contribution in [2.24, 2.45) is 0 Å². The summed E-state index contributed by atoms with van der Waals surface area (Å²) >= 11 is 0. The molecule has 2 amide bonds. The average molecular weight is 350 g/mol. The number of hydrogen-bond donors (Lipinski definition) is 0. The number of ether oxygens (including phenoxy) is 2. The summed E-state index contributed by atoms with van der Waals surface area (Å²) in [4.78, 5) is 40.2. The van der Waals surface area contributed by atoms with Gasteiger partial charge in [-0.15, -0.1) is 0 Å². The molecule has 1 fully saturated rings. The summed E-state index contributed by atoms with van der Waals surface area (Å²) in [7, 11) is 0. The summed E-state index contributed by atoms with van der Waals surface area (Å²) in [6.45, 7) is 12.5. The molecule has 7 heteroatoms. The van der Waals surface area contributed by atoms with Gasteiger partial charge in [0.25, 0.3) is 5.91 Å². The maximum atomic E-state index is 12.9. The summed E-state index contributed by atoms with van der Waals surface area (Å²) < 4.78 is 10.8. The fourth-order valence-corrected chi connectivity index (χ4v) is 3.17. The molecule has 138 valence electrons. The first kappa shape index (κ1) is 19.0. The molecule has 1 saturated heterocycles. The molecule has 7 nitrogen and oxygen atoms in total. The van der Waals surface area contributed by atoms with Crippen molar-refractivity contribution in [3.05, 3.63) is 23.5 Å². The lowest BCUT2D eigenvalue weighted by Crippen LogP contribution is -2.56. The van der Waals surface area contributed by atoms with Crippen molar-refractivity contribution >= 4 is 17.8 Å². The number of esters is 1. The van der Waals surface area contributed by atoms with Gasteiger partial charge in [0, 0.05) is 38.2 Å². The lowest BCUT2D eigenvalue weighted by atomic mass is 9.96. The topological polar surface area (TPSA) is 76.2 Å². The molecule has 0 aromatic rings. The summed E-state index contributed by atoms with van der Waals surface area (Å²) in [5, 5.41) is 0. The van der Waals surface area contributed by atoms with Gasteiger partial charge >= 0.3 is 5.97 Å². The lowest BCUT2D eigenvalue weighted by Gasteiger charge is -2.38. The van der Waals surface area contributed by atoms with Gasteiger partial charge in [-0.05, 0) is 27.7 Å². The highest BCUT2D eigenvalue weighted by molar-refractivity contribution is 5.94. The van der Waals surface area contributed by atoms with Crippen LogP contribution in [0.1, 0.15) is 34.1 Å². The Morgan fingerprint density at radius 1 is 1.20 bits per heavy atom. The van der Waals surface area contributed by atoms with Gasteiger partial charge in [-0.2, -0.15) is 0 Å². The zero-order chi connectivity index (χ0) is 18.8. The third kappa shape index (κ3) is 3.86. The molecule has 0 bridgehead atoms. The van der Waals surface area contributed by atoms with E-state index < -0.39 is 11.6 Å². The van der Waals surface area contributed by atoms with Gasteiger partial charge in [-0.1, -0.05) is 6.58 Å². The van der Waals surface area contributed by atoms with Crippen molar-refractivity contribution in [2.75, 3.05) is 32.8 Å². The maximum Gasteiger partial charge on any atom is 0.337 e. The molecule has 0 aromatic heterocycles. The van der Waals surface area contributed by atoms with Gasteiger partial charge in [-0.3, -0.25) is 9.59 Å². The quantitative estimate of drug-likeness (QED) is 0.563. The molecule has 25 heavy (non-hydrogen) atoms. The van der Waals surface area contributed by atoms with Crippen LogP contribution in [0.15, 0.2) is 23.5 Å². The second kappa shape index (κ2) is 7.29. The van der Waals surface area contributed by atoms with Gasteiger partial charge in [-0.25, -0.2) is 4.79 Å². The zero-order valence-electron chi connectivity index (χ0n) is 15.4. The van der Waals surface area contributed by atoms with E-state index in [1.165, 1.54) is 0 Å². The predicted octanol–water partition coefficient (Wildman–Crippen LogP) is 1.25. The molecule has 2 aliphatic heterocycles. The van der Waals surface area contributed by atoms with Gasteiger partial charge in [0.2, 0.25) is 5.91 Å². The molecule has 0 aromatic carbocycles. The molecule has 1 unspecified atom stereocenters. The van der Waals surface area contributed by atoms with Crippen molar-refractivity contribution < 1.29 is 23.9 Å². The molecular weight excluding hydrogens is 324 g/mol. The highest BCUT2D eigenvalue weighted by Gasteiger charge is 2.47. The molecule has 0 N–H and O–H groups in total. The van der Waals surface area contributed by atoms with Crippen LogP contribution in [0.3, 0.4) is 0 Å². The van der Waals surface area contributed by atoms with E-state index >= 15 is 0 Å². The van der Waals surface area contributed by atoms with Crippen LogP contribution in [0.5, 0.6) is 0 Å². The maximum absolute atomic E-state index is 12.9. The van der Waals surface area contributed by atoms with Gasteiger partial charge in [0.15, 0.2) is 5.60 Å². The Morgan fingerprint density at radius 3 is 2.28 bits per heavy atom. The van der Waals surface area contributed by atoms with Crippen LogP contribution < -0.4 is 0 Å². The number of piperazine rings is 1. The van der Waals surface area contributed by atoms with Gasteiger partial charge in [0.05, 0.1) is 12.2 Å². The van der Waals surface area contributed by atoms with E-state index in [4.69, 9.17) is 9.47 Å². The summed E-state index contributed by atoms with van der Waals surface area (Å²) in [6.07, 6.45) is 0.196. The minimum absolute atomic E-state index is 0.0856. The van der Waals surface area contributed by atoms with E-state index in [-0.39, 0.29) is 24.8 Å². The molecule has 0 spiro atoms. The number of hydrogen-bond acceptors (Lipinski definition) is 5. The highest BCUT2D eigenvalue weighted by atomic mass is 16.5. The molecule has 2 heterocycles. The van der Waals surface area contributed by atoms with Crippen molar-refractivity contribution in [3.8, 4) is 0 Å². The minimum atomic E-state index is -1.10. The Hall–Kier alpha value is -2.31. The van der Waals surface area contributed by atoms with Crippen LogP contribution in [0.25, 0.3) is 0 Å². The predicted molar refractivity (Wildman–Crippen MR) is 91.4 cm³/mol. The molecule has 2 aliphatic rings. The Bertz CT molecular complexity index is 631. The molecular formula is C18H26N2O5. The van der Waals surface area contributed by atoms with E-state index in [0.29, 0.717) is 43.1 Å². The Kier molecular flexibility index (Phi) is 5.55. The Labute approximate surface area is 148 Å². The van der Waals surface area contributed by atoms with E-state index in [1.807, 2.05) is 0 Å². The smallest absolute Gasteiger partial charge is 0.337 e. The normalized spacial score (nSPS) is 23.4. The first-order chi connectivity index (χ1) is 11.7. The van der Waals surface area contributed by atoms with Crippen LogP contribution >= 0.6 is 0 Å². The van der Waals surface area contributed by atoms with E-state index in [2.05, 4.69) is 6.58 Å². The van der Waals surface area contributed by atoms with Crippen molar-refractivity contribution in [1.82, 2.24) is 9.80 Å². The number of nitrogens with zero attached hydrogens (tertiary/aromatic N) is 2. The number of amides is 2. The molecule has 2 rings (SSSR count). The fourth-order valence-electron chi connectivity index (χ4n) is 3.17. The van der Waals surface area contributed by atoms with Gasteiger partial charge < -0.3 is 19.3 Å². The van der Waals surface area contributed by atoms with Crippen LogP contribution in [0.2, 0.25) is 0 Å². The van der Waals surface area contributed by atoms with Crippen molar-refractivity contribution in [1.29, 1.82) is 0 Å².